The number of halogens is 2. The van der Waals surface area contributed by atoms with Gasteiger partial charge in [0.2, 0.25) is 5.88 Å². The van der Waals surface area contributed by atoms with Gasteiger partial charge in [-0.3, -0.25) is 0 Å². The molecule has 0 aromatic carbocycles. The van der Waals surface area contributed by atoms with Gasteiger partial charge in [0.1, 0.15) is 0 Å². The van der Waals surface area contributed by atoms with Crippen LogP contribution in [0.3, 0.4) is 0 Å². The topological polar surface area (TPSA) is 34.1 Å². The Morgan fingerprint density at radius 3 is 2.76 bits per heavy atom. The van der Waals surface area contributed by atoms with E-state index in [0.29, 0.717) is 0 Å². The Morgan fingerprint density at radius 2 is 2.12 bits per heavy atom. The number of hydrogen-bond acceptors (Lipinski definition) is 3. The average Bonchev–Trinajstić information content (AvgIpc) is 2.33. The van der Waals surface area contributed by atoms with Crippen LogP contribution in [0.5, 0.6) is 5.88 Å². The van der Waals surface area contributed by atoms with Crippen molar-refractivity contribution in [1.82, 2.24) is 10.3 Å². The summed E-state index contributed by atoms with van der Waals surface area (Å²) >= 11 is 3.35. The minimum atomic E-state index is 0. The van der Waals surface area contributed by atoms with Gasteiger partial charge in [-0.15, -0.1) is 12.4 Å². The summed E-state index contributed by atoms with van der Waals surface area (Å²) in [5.41, 5.74) is 0. The molecule has 1 N–H and O–H groups in total. The van der Waals surface area contributed by atoms with Crippen molar-refractivity contribution in [2.45, 2.75) is 19.3 Å². The highest BCUT2D eigenvalue weighted by molar-refractivity contribution is 9.10. The molecule has 2 heterocycles. The predicted molar refractivity (Wildman–Crippen MR) is 74.9 cm³/mol. The Morgan fingerprint density at radius 1 is 1.35 bits per heavy atom. The molecule has 1 aliphatic rings. The van der Waals surface area contributed by atoms with Crippen LogP contribution in [-0.4, -0.2) is 24.7 Å². The molecule has 0 unspecified atom stereocenters. The van der Waals surface area contributed by atoms with Crippen molar-refractivity contribution < 1.29 is 4.74 Å². The molecule has 1 fully saturated rings. The molecule has 0 bridgehead atoms. The molecule has 1 aromatic heterocycles. The molecule has 3 nitrogen and oxygen atoms in total. The summed E-state index contributed by atoms with van der Waals surface area (Å²) in [6.07, 6.45) is 5.45. The third kappa shape index (κ3) is 5.23. The lowest BCUT2D eigenvalue weighted by Crippen LogP contribution is -2.28. The molecule has 0 aliphatic carbocycles. The number of ether oxygens (including phenoxy) is 1. The van der Waals surface area contributed by atoms with Crippen LogP contribution in [-0.2, 0) is 0 Å². The average molecular weight is 322 g/mol. The van der Waals surface area contributed by atoms with E-state index < -0.39 is 0 Å². The fourth-order valence-corrected chi connectivity index (χ4v) is 2.18. The van der Waals surface area contributed by atoms with Gasteiger partial charge in [0.05, 0.1) is 6.61 Å². The maximum atomic E-state index is 5.61. The number of pyridine rings is 1. The Hall–Kier alpha value is -0.320. The summed E-state index contributed by atoms with van der Waals surface area (Å²) in [6.45, 7) is 3.09. The highest BCUT2D eigenvalue weighted by Gasteiger charge is 2.12. The van der Waals surface area contributed by atoms with Crippen molar-refractivity contribution in [2.75, 3.05) is 19.7 Å². The molecule has 0 saturated carbocycles. The van der Waals surface area contributed by atoms with Gasteiger partial charge in [-0.2, -0.15) is 0 Å². The van der Waals surface area contributed by atoms with Gasteiger partial charge in [0.25, 0.3) is 0 Å². The van der Waals surface area contributed by atoms with E-state index in [1.54, 1.807) is 6.20 Å². The quantitative estimate of drug-likeness (QED) is 0.925. The Balaban J connectivity index is 0.00000144. The van der Waals surface area contributed by atoms with E-state index in [1.165, 1.54) is 12.8 Å². The van der Waals surface area contributed by atoms with Gasteiger partial charge in [-0.05, 0) is 60.3 Å². The fraction of sp³-hybridized carbons (Fsp3) is 0.583. The summed E-state index contributed by atoms with van der Waals surface area (Å²) in [7, 11) is 0. The van der Waals surface area contributed by atoms with Crippen LogP contribution in [0.4, 0.5) is 0 Å². The molecule has 1 aromatic rings. The van der Waals surface area contributed by atoms with Gasteiger partial charge in [0.15, 0.2) is 0 Å². The van der Waals surface area contributed by atoms with E-state index in [4.69, 9.17) is 4.74 Å². The lowest BCUT2D eigenvalue weighted by atomic mass is 9.95. The molecular weight excluding hydrogens is 304 g/mol. The van der Waals surface area contributed by atoms with Gasteiger partial charge in [0, 0.05) is 16.7 Å². The van der Waals surface area contributed by atoms with Crippen LogP contribution in [0.2, 0.25) is 0 Å². The van der Waals surface area contributed by atoms with Crippen molar-refractivity contribution in [1.29, 1.82) is 0 Å². The molecule has 0 amide bonds. The molecule has 2 rings (SSSR count). The Labute approximate surface area is 117 Å². The molecule has 0 spiro atoms. The highest BCUT2D eigenvalue weighted by Crippen LogP contribution is 2.17. The predicted octanol–water partition coefficient (Wildman–Crippen LogP) is 3.03. The number of piperidine rings is 1. The zero-order valence-corrected chi connectivity index (χ0v) is 12.1. The van der Waals surface area contributed by atoms with Crippen molar-refractivity contribution in [2.24, 2.45) is 5.92 Å². The van der Waals surface area contributed by atoms with Gasteiger partial charge in [-0.25, -0.2) is 4.98 Å². The van der Waals surface area contributed by atoms with Crippen LogP contribution in [0.15, 0.2) is 22.8 Å². The van der Waals surface area contributed by atoms with Gasteiger partial charge < -0.3 is 10.1 Å². The zero-order chi connectivity index (χ0) is 11.2. The third-order valence-corrected chi connectivity index (χ3v) is 3.40. The van der Waals surface area contributed by atoms with E-state index in [-0.39, 0.29) is 12.4 Å². The molecule has 1 aliphatic heterocycles. The van der Waals surface area contributed by atoms with E-state index in [2.05, 4.69) is 26.2 Å². The summed E-state index contributed by atoms with van der Waals surface area (Å²) in [5, 5.41) is 3.37. The minimum Gasteiger partial charge on any atom is -0.478 e. The minimum absolute atomic E-state index is 0. The first-order valence-electron chi connectivity index (χ1n) is 5.79. The van der Waals surface area contributed by atoms with Crippen molar-refractivity contribution in [3.8, 4) is 5.88 Å². The van der Waals surface area contributed by atoms with Crippen molar-refractivity contribution in [3.05, 3.63) is 22.8 Å². The smallest absolute Gasteiger partial charge is 0.213 e. The summed E-state index contributed by atoms with van der Waals surface area (Å²) in [6, 6.07) is 3.85. The zero-order valence-electron chi connectivity index (χ0n) is 9.69. The molecular formula is C12H18BrClN2O. The fourth-order valence-electron chi connectivity index (χ4n) is 1.95. The van der Waals surface area contributed by atoms with Crippen LogP contribution in [0.25, 0.3) is 0 Å². The van der Waals surface area contributed by atoms with Crippen molar-refractivity contribution in [3.63, 3.8) is 0 Å². The Kier molecular flexibility index (Phi) is 6.85. The second-order valence-corrected chi connectivity index (χ2v) is 5.06. The largest absolute Gasteiger partial charge is 0.478 e. The van der Waals surface area contributed by atoms with Crippen LogP contribution >= 0.6 is 28.3 Å². The molecule has 0 atom stereocenters. The summed E-state index contributed by atoms with van der Waals surface area (Å²) in [5.74, 6) is 1.54. The normalized spacial score (nSPS) is 16.3. The van der Waals surface area contributed by atoms with Gasteiger partial charge in [-0.1, -0.05) is 0 Å². The first-order valence-corrected chi connectivity index (χ1v) is 6.59. The molecule has 96 valence electrons. The number of rotatable bonds is 4. The lowest BCUT2D eigenvalue weighted by molar-refractivity contribution is 0.245. The summed E-state index contributed by atoms with van der Waals surface area (Å²) < 4.78 is 6.60. The SMILES string of the molecule is Brc1ccc(OCCC2CCNCC2)nc1.Cl. The van der Waals surface area contributed by atoms with Crippen LogP contribution < -0.4 is 10.1 Å². The molecule has 17 heavy (non-hydrogen) atoms. The molecule has 5 heteroatoms. The van der Waals surface area contributed by atoms with Crippen LogP contribution in [0, 0.1) is 5.92 Å². The molecule has 0 radical (unpaired) electrons. The number of hydrogen-bond donors (Lipinski definition) is 1. The standard InChI is InChI=1S/C12H17BrN2O.ClH/c13-11-1-2-12(15-9-11)16-8-5-10-3-6-14-7-4-10;/h1-2,9-10,14H,3-8H2;1H. The maximum absolute atomic E-state index is 5.61. The number of nitrogens with one attached hydrogen (secondary N) is 1. The first kappa shape index (κ1) is 14.7. The lowest BCUT2D eigenvalue weighted by Gasteiger charge is -2.22. The van der Waals surface area contributed by atoms with E-state index in [9.17, 15) is 0 Å². The monoisotopic (exact) mass is 320 g/mol. The van der Waals surface area contributed by atoms with E-state index in [0.717, 1.165) is 42.4 Å². The molecule has 1 saturated heterocycles. The number of aromatic nitrogens is 1. The van der Waals surface area contributed by atoms with E-state index >= 15 is 0 Å². The van der Waals surface area contributed by atoms with E-state index in [1.807, 2.05) is 12.1 Å². The first-order chi connectivity index (χ1) is 7.84. The van der Waals surface area contributed by atoms with Crippen LogP contribution in [0.1, 0.15) is 19.3 Å². The summed E-state index contributed by atoms with van der Waals surface area (Å²) in [4.78, 5) is 4.18. The second kappa shape index (κ2) is 7.90. The highest BCUT2D eigenvalue weighted by atomic mass is 79.9. The second-order valence-electron chi connectivity index (χ2n) is 4.15. The third-order valence-electron chi connectivity index (χ3n) is 2.94. The van der Waals surface area contributed by atoms with Gasteiger partial charge >= 0.3 is 0 Å². The maximum Gasteiger partial charge on any atom is 0.213 e. The Bertz CT molecular complexity index is 315. The van der Waals surface area contributed by atoms with Crippen molar-refractivity contribution >= 4 is 28.3 Å². The number of nitrogens with zero attached hydrogens (tertiary/aromatic N) is 1.